The highest BCUT2D eigenvalue weighted by atomic mass is 79.9. The number of carbonyl (C=O) groups is 1. The fraction of sp³-hybridized carbons (Fsp3) is 0.300. The minimum atomic E-state index is -0.835. The van der Waals surface area contributed by atoms with Gasteiger partial charge in [-0.2, -0.15) is 0 Å². The van der Waals surface area contributed by atoms with E-state index < -0.39 is 17.0 Å². The smallest absolute Gasteiger partial charge is 0.346 e. The number of nitrogens with zero attached hydrogens (tertiary/aromatic N) is 1. The molecule has 17 heavy (non-hydrogen) atoms. The van der Waals surface area contributed by atoms with E-state index in [1.165, 1.54) is 32.2 Å². The standard InChI is InChI=1S/C10H10BrNO5/c1-6(10(13)16-2)17-8-5-3-4-7(9(8)11)12(14)15/h3-6H,1-2H3/t6-/m0/s1. The number of nitro groups is 1. The molecule has 0 aliphatic carbocycles. The topological polar surface area (TPSA) is 78.7 Å². The number of ether oxygens (including phenoxy) is 2. The van der Waals surface area contributed by atoms with Gasteiger partial charge in [-0.1, -0.05) is 6.07 Å². The molecule has 0 radical (unpaired) electrons. The Labute approximate surface area is 106 Å². The van der Waals surface area contributed by atoms with Crippen molar-refractivity contribution in [2.75, 3.05) is 7.11 Å². The van der Waals surface area contributed by atoms with Crippen molar-refractivity contribution in [2.24, 2.45) is 0 Å². The van der Waals surface area contributed by atoms with E-state index in [0.717, 1.165) is 0 Å². The van der Waals surface area contributed by atoms with E-state index in [1.54, 1.807) is 0 Å². The molecule has 1 aromatic carbocycles. The lowest BCUT2D eigenvalue weighted by atomic mass is 10.3. The van der Waals surface area contributed by atoms with Crippen LogP contribution in [0.15, 0.2) is 22.7 Å². The first-order valence-electron chi connectivity index (χ1n) is 4.64. The molecule has 6 nitrogen and oxygen atoms in total. The number of methoxy groups -OCH3 is 1. The minimum absolute atomic E-state index is 0.125. The van der Waals surface area contributed by atoms with Crippen LogP contribution < -0.4 is 4.74 Å². The molecule has 0 fully saturated rings. The Kier molecular flexibility index (Phi) is 4.45. The predicted molar refractivity (Wildman–Crippen MR) is 62.9 cm³/mol. The molecule has 0 aliphatic rings. The second kappa shape index (κ2) is 5.62. The number of halogens is 1. The Bertz CT molecular complexity index is 448. The van der Waals surface area contributed by atoms with E-state index in [1.807, 2.05) is 0 Å². The molecule has 0 saturated carbocycles. The van der Waals surface area contributed by atoms with Gasteiger partial charge in [0.2, 0.25) is 0 Å². The third-order valence-corrected chi connectivity index (χ3v) is 2.77. The number of hydrogen-bond donors (Lipinski definition) is 0. The van der Waals surface area contributed by atoms with Crippen LogP contribution in [0, 0.1) is 10.1 Å². The van der Waals surface area contributed by atoms with E-state index in [2.05, 4.69) is 20.7 Å². The molecule has 0 N–H and O–H groups in total. The predicted octanol–water partition coefficient (Wildman–Crippen LogP) is 2.30. The molecule has 0 aromatic heterocycles. The molecular weight excluding hydrogens is 294 g/mol. The van der Waals surface area contributed by atoms with E-state index >= 15 is 0 Å². The number of esters is 1. The van der Waals surface area contributed by atoms with Crippen molar-refractivity contribution in [1.82, 2.24) is 0 Å². The first-order valence-corrected chi connectivity index (χ1v) is 5.44. The maximum Gasteiger partial charge on any atom is 0.346 e. The summed E-state index contributed by atoms with van der Waals surface area (Å²) >= 11 is 3.06. The average Bonchev–Trinajstić information content (AvgIpc) is 2.30. The lowest BCUT2D eigenvalue weighted by Crippen LogP contribution is -2.25. The quantitative estimate of drug-likeness (QED) is 0.484. The van der Waals surface area contributed by atoms with Crippen molar-refractivity contribution in [1.29, 1.82) is 0 Å². The molecular formula is C10H10BrNO5. The Hall–Kier alpha value is -1.63. The first-order chi connectivity index (χ1) is 7.97. The van der Waals surface area contributed by atoms with Crippen LogP contribution >= 0.6 is 15.9 Å². The summed E-state index contributed by atoms with van der Waals surface area (Å²) in [6.07, 6.45) is -0.835. The zero-order chi connectivity index (χ0) is 13.0. The van der Waals surface area contributed by atoms with Crippen molar-refractivity contribution in [2.45, 2.75) is 13.0 Å². The number of nitro benzene ring substituents is 1. The Morgan fingerprint density at radius 1 is 1.53 bits per heavy atom. The molecule has 0 unspecified atom stereocenters. The summed E-state index contributed by atoms with van der Waals surface area (Å²) in [5.74, 6) is -0.333. The number of carbonyl (C=O) groups excluding carboxylic acids is 1. The van der Waals surface area contributed by atoms with Crippen molar-refractivity contribution < 1.29 is 19.2 Å². The lowest BCUT2D eigenvalue weighted by molar-refractivity contribution is -0.385. The highest BCUT2D eigenvalue weighted by Gasteiger charge is 2.20. The molecule has 7 heteroatoms. The highest BCUT2D eigenvalue weighted by Crippen LogP contribution is 2.34. The molecule has 1 rings (SSSR count). The lowest BCUT2D eigenvalue weighted by Gasteiger charge is -2.13. The van der Waals surface area contributed by atoms with Gasteiger partial charge in [-0.05, 0) is 28.9 Å². The summed E-state index contributed by atoms with van der Waals surface area (Å²) in [6.45, 7) is 1.50. The fourth-order valence-corrected chi connectivity index (χ4v) is 1.64. The van der Waals surface area contributed by atoms with Crippen LogP contribution in [-0.2, 0) is 9.53 Å². The number of rotatable bonds is 4. The molecule has 1 aromatic rings. The Balaban J connectivity index is 2.96. The van der Waals surface area contributed by atoms with Gasteiger partial charge in [-0.15, -0.1) is 0 Å². The zero-order valence-corrected chi connectivity index (χ0v) is 10.8. The van der Waals surface area contributed by atoms with Crippen LogP contribution in [0.2, 0.25) is 0 Å². The Morgan fingerprint density at radius 3 is 2.71 bits per heavy atom. The molecule has 92 valence electrons. The third kappa shape index (κ3) is 3.16. The molecule has 0 bridgehead atoms. The van der Waals surface area contributed by atoms with Gasteiger partial charge in [0, 0.05) is 6.07 Å². The molecule has 0 heterocycles. The maximum absolute atomic E-state index is 11.1. The van der Waals surface area contributed by atoms with Crippen molar-refractivity contribution in [3.8, 4) is 5.75 Å². The van der Waals surface area contributed by atoms with Crippen LogP contribution in [-0.4, -0.2) is 24.1 Å². The van der Waals surface area contributed by atoms with Crippen LogP contribution in [0.4, 0.5) is 5.69 Å². The van der Waals surface area contributed by atoms with E-state index in [9.17, 15) is 14.9 Å². The average molecular weight is 304 g/mol. The summed E-state index contributed by atoms with van der Waals surface area (Å²) in [4.78, 5) is 21.3. The second-order valence-electron chi connectivity index (χ2n) is 3.13. The molecule has 0 aliphatic heterocycles. The molecule has 0 amide bonds. The summed E-state index contributed by atoms with van der Waals surface area (Å²) in [7, 11) is 1.24. The normalized spacial score (nSPS) is 11.7. The van der Waals surface area contributed by atoms with Crippen molar-refractivity contribution >= 4 is 27.6 Å². The van der Waals surface area contributed by atoms with E-state index in [4.69, 9.17) is 4.74 Å². The number of benzene rings is 1. The summed E-state index contributed by atoms with van der Waals surface area (Å²) in [5, 5.41) is 10.7. The Morgan fingerprint density at radius 2 is 2.18 bits per heavy atom. The van der Waals surface area contributed by atoms with Gasteiger partial charge in [-0.25, -0.2) is 4.79 Å². The molecule has 0 spiro atoms. The summed E-state index contributed by atoms with van der Waals surface area (Å²) in [5.41, 5.74) is -0.125. The van der Waals surface area contributed by atoms with E-state index in [0.29, 0.717) is 0 Å². The fourth-order valence-electron chi connectivity index (χ4n) is 1.14. The summed E-state index contributed by atoms with van der Waals surface area (Å²) < 4.78 is 9.95. The van der Waals surface area contributed by atoms with Crippen LogP contribution in [0.25, 0.3) is 0 Å². The molecule has 0 saturated heterocycles. The third-order valence-electron chi connectivity index (χ3n) is 1.98. The van der Waals surface area contributed by atoms with Gasteiger partial charge < -0.3 is 9.47 Å². The monoisotopic (exact) mass is 303 g/mol. The van der Waals surface area contributed by atoms with E-state index in [-0.39, 0.29) is 15.9 Å². The molecule has 1 atom stereocenters. The van der Waals surface area contributed by atoms with Crippen molar-refractivity contribution in [3.05, 3.63) is 32.8 Å². The number of hydrogen-bond acceptors (Lipinski definition) is 5. The van der Waals surface area contributed by atoms with Crippen LogP contribution in [0.1, 0.15) is 6.92 Å². The van der Waals surface area contributed by atoms with Gasteiger partial charge >= 0.3 is 5.97 Å². The minimum Gasteiger partial charge on any atom is -0.478 e. The summed E-state index contributed by atoms with van der Waals surface area (Å²) in [6, 6.07) is 4.33. The van der Waals surface area contributed by atoms with Gasteiger partial charge in [0.1, 0.15) is 10.2 Å². The van der Waals surface area contributed by atoms with Gasteiger partial charge in [0.15, 0.2) is 6.10 Å². The largest absolute Gasteiger partial charge is 0.478 e. The van der Waals surface area contributed by atoms with Crippen LogP contribution in [0.5, 0.6) is 5.75 Å². The maximum atomic E-state index is 11.1. The SMILES string of the molecule is COC(=O)[C@H](C)Oc1cccc([N+](=O)[O-])c1Br. The van der Waals surface area contributed by atoms with Gasteiger partial charge in [0.25, 0.3) is 5.69 Å². The second-order valence-corrected chi connectivity index (χ2v) is 3.92. The highest BCUT2D eigenvalue weighted by molar-refractivity contribution is 9.10. The van der Waals surface area contributed by atoms with Gasteiger partial charge in [-0.3, -0.25) is 10.1 Å². The van der Waals surface area contributed by atoms with Gasteiger partial charge in [0.05, 0.1) is 12.0 Å². The first kappa shape index (κ1) is 13.4. The zero-order valence-electron chi connectivity index (χ0n) is 9.18. The van der Waals surface area contributed by atoms with Crippen molar-refractivity contribution in [3.63, 3.8) is 0 Å². The van der Waals surface area contributed by atoms with Crippen LogP contribution in [0.3, 0.4) is 0 Å².